The highest BCUT2D eigenvalue weighted by atomic mass is 16.6. The molecule has 0 radical (unpaired) electrons. The summed E-state index contributed by atoms with van der Waals surface area (Å²) < 4.78 is 85.9. The molecule has 0 aromatic heterocycles. The van der Waals surface area contributed by atoms with Crippen LogP contribution >= 0.6 is 0 Å². The molecule has 0 aliphatic heterocycles. The maximum Gasteiger partial charge on any atom is 0.337 e. The van der Waals surface area contributed by atoms with Crippen LogP contribution in [0.2, 0.25) is 0 Å². The molecule has 0 unspecified atom stereocenters. The largest absolute Gasteiger partial charge is 0.489 e. The summed E-state index contributed by atoms with van der Waals surface area (Å²) in [5.41, 5.74) is 7.12. The van der Waals surface area contributed by atoms with Gasteiger partial charge in [-0.05, 0) is 145 Å². The van der Waals surface area contributed by atoms with Crippen molar-refractivity contribution < 1.29 is 80.6 Å². The lowest BCUT2D eigenvalue weighted by molar-refractivity contribution is 0.0326. The molecule has 6 rings (SSSR count). The Balaban J connectivity index is 0.000000341. The topological polar surface area (TPSA) is 173 Å². The summed E-state index contributed by atoms with van der Waals surface area (Å²) in [5, 5.41) is 0. The number of ether oxygens (including phenoxy) is 15. The van der Waals surface area contributed by atoms with Crippen molar-refractivity contribution in [3.63, 3.8) is 0 Å². The molecule has 6 aromatic rings. The highest BCUT2D eigenvalue weighted by Crippen LogP contribution is 2.32. The van der Waals surface area contributed by atoms with E-state index in [9.17, 15) is 9.59 Å². The molecule has 0 bridgehead atoms. The molecule has 0 saturated heterocycles. The molecule has 17 nitrogen and oxygen atoms in total. The van der Waals surface area contributed by atoms with Crippen molar-refractivity contribution in [1.29, 1.82) is 0 Å². The van der Waals surface area contributed by atoms with E-state index in [1.807, 2.05) is 146 Å². The van der Waals surface area contributed by atoms with Crippen LogP contribution in [0.15, 0.2) is 184 Å². The van der Waals surface area contributed by atoms with E-state index in [-0.39, 0.29) is 5.97 Å². The van der Waals surface area contributed by atoms with E-state index in [0.717, 1.165) is 103 Å². The summed E-state index contributed by atoms with van der Waals surface area (Å²) >= 11 is 0. The highest BCUT2D eigenvalue weighted by Gasteiger charge is 2.12. The fourth-order valence-electron chi connectivity index (χ4n) is 8.69. The summed E-state index contributed by atoms with van der Waals surface area (Å²) in [5.74, 6) is 3.60. The molecule has 0 atom stereocenters. The maximum atomic E-state index is 11.7. The number of rotatable bonds is 54. The first kappa shape index (κ1) is 76.6. The summed E-state index contributed by atoms with van der Waals surface area (Å²) in [6.45, 7) is 25.8. The lowest BCUT2D eigenvalue weighted by atomic mass is 10.0. The lowest BCUT2D eigenvalue weighted by Gasteiger charge is -2.15. The van der Waals surface area contributed by atoms with E-state index in [2.05, 4.69) is 26.3 Å². The second-order valence-corrected chi connectivity index (χ2v) is 21.0. The van der Waals surface area contributed by atoms with Gasteiger partial charge in [-0.3, -0.25) is 4.79 Å². The molecular weight excluding hydrogens is 1200 g/mol. The minimum Gasteiger partial charge on any atom is -0.489 e. The van der Waals surface area contributed by atoms with Gasteiger partial charge in [0.05, 0.1) is 92.0 Å². The van der Waals surface area contributed by atoms with Crippen LogP contribution in [0.1, 0.15) is 83.2 Å². The number of hydrogen-bond acceptors (Lipinski definition) is 17. The van der Waals surface area contributed by atoms with Crippen LogP contribution in [0.5, 0.6) is 34.5 Å². The summed E-state index contributed by atoms with van der Waals surface area (Å²) in [4.78, 5) is 22.6. The van der Waals surface area contributed by atoms with Gasteiger partial charge in [-0.25, -0.2) is 4.79 Å². The van der Waals surface area contributed by atoms with E-state index in [0.29, 0.717) is 179 Å². The Morgan fingerprint density at radius 3 is 0.926 bits per heavy atom. The van der Waals surface area contributed by atoms with Crippen LogP contribution < -0.4 is 28.4 Å². The van der Waals surface area contributed by atoms with Crippen molar-refractivity contribution in [2.24, 2.45) is 0 Å². The number of benzene rings is 6. The number of esters is 1. The van der Waals surface area contributed by atoms with Crippen LogP contribution in [0.4, 0.5) is 0 Å². The maximum absolute atomic E-state index is 11.7. The molecule has 17 heteroatoms. The minimum atomic E-state index is -0.357. The Morgan fingerprint density at radius 2 is 0.617 bits per heavy atom. The second kappa shape index (κ2) is 50.4. The third-order valence-corrected chi connectivity index (χ3v) is 13.8. The first-order valence-corrected chi connectivity index (χ1v) is 32.4. The van der Waals surface area contributed by atoms with Crippen LogP contribution in [0.3, 0.4) is 0 Å². The van der Waals surface area contributed by atoms with Crippen LogP contribution in [-0.2, 0) is 55.8 Å². The Hall–Kier alpha value is -8.10. The number of carbonyl (C=O) groups excluding carboxylic acids is 2. The molecule has 508 valence electrons. The van der Waals surface area contributed by atoms with E-state index in [1.54, 1.807) is 12.1 Å². The Bertz CT molecular complexity index is 2980. The van der Waals surface area contributed by atoms with Crippen LogP contribution in [0.25, 0.3) is 22.3 Å². The van der Waals surface area contributed by atoms with E-state index in [1.165, 1.54) is 7.11 Å². The summed E-state index contributed by atoms with van der Waals surface area (Å²) in [7, 11) is 1.37. The third kappa shape index (κ3) is 33.1. The highest BCUT2D eigenvalue weighted by molar-refractivity contribution is 5.90. The minimum absolute atomic E-state index is 0.347. The molecule has 6 aromatic carbocycles. The normalized spacial score (nSPS) is 10.8. The molecular formula is C77H98O17. The second-order valence-electron chi connectivity index (χ2n) is 21.0. The predicted octanol–water partition coefficient (Wildman–Crippen LogP) is 15.0. The van der Waals surface area contributed by atoms with Crippen molar-refractivity contribution in [3.8, 4) is 56.8 Å². The van der Waals surface area contributed by atoms with E-state index >= 15 is 0 Å². The zero-order valence-corrected chi connectivity index (χ0v) is 55.1. The van der Waals surface area contributed by atoms with Crippen molar-refractivity contribution >= 4 is 12.3 Å². The molecule has 0 saturated carbocycles. The monoisotopic (exact) mass is 1290 g/mol. The summed E-state index contributed by atoms with van der Waals surface area (Å²) in [6, 6.07) is 42.0. The average Bonchev–Trinajstić information content (AvgIpc) is 1.18. The molecule has 0 spiro atoms. The van der Waals surface area contributed by atoms with E-state index < -0.39 is 0 Å². The standard InChI is InChI=1S/C39H50O9.C38H48O8/c1-4-6-8-20-42-22-24-44-26-28-46-37-19-10-32(30-38(37)47-29-27-45-25-23-43-21-9-7-5-2)31-48-36-17-15-34(16-18-36)33-11-13-35(14-12-33)39(40)41-3;1-3-5-7-19-40-21-23-42-25-27-44-37-18-11-33(29-38(37)45-28-26-43-24-22-41-20-8-6-4-2)31-46-36-16-14-35(15-17-36)34-12-9-32(30-39)10-13-34/h4-5,10-19,30H,1-2,6-9,20-29,31H2,3H3;3-4,9-18,29-30H,1-2,5-8,19-28,31H2. The molecule has 0 aliphatic rings. The lowest BCUT2D eigenvalue weighted by Crippen LogP contribution is -2.13. The van der Waals surface area contributed by atoms with Crippen molar-refractivity contribution in [3.05, 3.63) is 206 Å². The quantitative estimate of drug-likeness (QED) is 0.0153. The number of allylic oxidation sites excluding steroid dienone is 4. The molecule has 0 amide bonds. The zero-order valence-electron chi connectivity index (χ0n) is 55.1. The molecule has 0 aliphatic carbocycles. The number of carbonyl (C=O) groups is 2. The van der Waals surface area contributed by atoms with Crippen LogP contribution in [0, 0.1) is 0 Å². The van der Waals surface area contributed by atoms with Crippen molar-refractivity contribution in [2.45, 2.75) is 64.6 Å². The third-order valence-electron chi connectivity index (χ3n) is 13.8. The van der Waals surface area contributed by atoms with Gasteiger partial charge in [-0.1, -0.05) is 97.1 Å². The molecule has 94 heavy (non-hydrogen) atoms. The Labute approximate surface area is 557 Å². The van der Waals surface area contributed by atoms with E-state index in [4.69, 9.17) is 71.1 Å². The van der Waals surface area contributed by atoms with Gasteiger partial charge >= 0.3 is 5.97 Å². The van der Waals surface area contributed by atoms with Gasteiger partial charge in [0.1, 0.15) is 57.4 Å². The Kier molecular flexibility index (Phi) is 41.1. The number of hydrogen-bond donors (Lipinski definition) is 0. The number of methoxy groups -OCH3 is 1. The van der Waals surface area contributed by atoms with Crippen LogP contribution in [-0.4, -0.2) is 152 Å². The average molecular weight is 1300 g/mol. The van der Waals surface area contributed by atoms with Gasteiger partial charge in [0.2, 0.25) is 0 Å². The van der Waals surface area contributed by atoms with Crippen molar-refractivity contribution in [2.75, 3.05) is 139 Å². The first-order chi connectivity index (χ1) is 46.4. The fraction of sp³-hybridized carbons (Fsp3) is 0.403. The van der Waals surface area contributed by atoms with Gasteiger partial charge in [0.25, 0.3) is 0 Å². The fourth-order valence-corrected chi connectivity index (χ4v) is 8.69. The first-order valence-electron chi connectivity index (χ1n) is 32.4. The molecule has 0 fully saturated rings. The predicted molar refractivity (Wildman–Crippen MR) is 368 cm³/mol. The van der Waals surface area contributed by atoms with Crippen molar-refractivity contribution in [1.82, 2.24) is 0 Å². The zero-order chi connectivity index (χ0) is 66.6. The van der Waals surface area contributed by atoms with Gasteiger partial charge in [-0.15, -0.1) is 26.3 Å². The molecule has 0 N–H and O–H groups in total. The summed E-state index contributed by atoms with van der Waals surface area (Å²) in [6.07, 6.45) is 16.1. The number of unbranched alkanes of at least 4 members (excludes halogenated alkanes) is 4. The van der Waals surface area contributed by atoms with Gasteiger partial charge in [-0.2, -0.15) is 0 Å². The van der Waals surface area contributed by atoms with Gasteiger partial charge in [0, 0.05) is 32.0 Å². The smallest absolute Gasteiger partial charge is 0.337 e. The molecule has 0 heterocycles. The SMILES string of the molecule is C=CCCCOCCOCCOc1ccc(COc2ccc(-c3ccc(C(=O)OC)cc3)cc2)cc1OCCOCCOCCCC=C.C=CCCCOCCOCCOc1ccc(COc2ccc(-c3ccc(C=O)cc3)cc2)cc1OCCOCCOCCCC=C. The number of aldehydes is 1. The van der Waals surface area contributed by atoms with Gasteiger partial charge < -0.3 is 71.1 Å². The van der Waals surface area contributed by atoms with Gasteiger partial charge in [0.15, 0.2) is 23.0 Å². The Morgan fingerprint density at radius 1 is 0.330 bits per heavy atom.